The van der Waals surface area contributed by atoms with Gasteiger partial charge in [-0.3, -0.25) is 0 Å². The minimum absolute atomic E-state index is 0.987. The second-order valence-corrected chi connectivity index (χ2v) is 11.0. The van der Waals surface area contributed by atoms with E-state index in [1.165, 1.54) is 0 Å². The van der Waals surface area contributed by atoms with Crippen LogP contribution < -0.4 is 21.1 Å². The molecule has 26 heavy (non-hydrogen) atoms. The molecule has 4 nitrogen and oxygen atoms in total. The van der Waals surface area contributed by atoms with Gasteiger partial charge in [0.15, 0.2) is 0 Å². The Labute approximate surface area is 157 Å². The van der Waals surface area contributed by atoms with Gasteiger partial charge in [0.05, 0.1) is 0 Å². The van der Waals surface area contributed by atoms with Crippen molar-refractivity contribution in [3.05, 3.63) is 91.0 Å². The zero-order valence-electron chi connectivity index (χ0n) is 14.3. The predicted octanol–water partition coefficient (Wildman–Crippen LogP) is 4.25. The summed E-state index contributed by atoms with van der Waals surface area (Å²) in [5, 5.41) is 13.3. The van der Waals surface area contributed by atoms with Crippen molar-refractivity contribution in [3.63, 3.8) is 0 Å². The molecule has 1 unspecified atom stereocenters. The van der Waals surface area contributed by atoms with Crippen molar-refractivity contribution in [2.24, 2.45) is 10.3 Å². The van der Waals surface area contributed by atoms with E-state index >= 15 is 0 Å². The molecule has 1 N–H and O–H groups in total. The van der Waals surface area contributed by atoms with Crippen LogP contribution in [0.4, 0.5) is 0 Å². The summed E-state index contributed by atoms with van der Waals surface area (Å²) in [4.78, 5) is 0. The third kappa shape index (κ3) is 2.45. The quantitative estimate of drug-likeness (QED) is 0.417. The number of nitrogens with one attached hydrogen (secondary N) is 1. The molecular formula is C20H19ClN3OP. The summed E-state index contributed by atoms with van der Waals surface area (Å²) in [7, 11) is 0. The molecule has 0 saturated heterocycles. The van der Waals surface area contributed by atoms with E-state index < -0.39 is 12.2 Å². The molecule has 6 heteroatoms. The van der Waals surface area contributed by atoms with Gasteiger partial charge in [-0.25, -0.2) is 0 Å². The molecule has 0 amide bonds. The summed E-state index contributed by atoms with van der Waals surface area (Å²) in [6.07, 6.45) is 0. The van der Waals surface area contributed by atoms with E-state index in [1.807, 2.05) is 54.6 Å². The third-order valence-electron chi connectivity index (χ3n) is 4.56. The van der Waals surface area contributed by atoms with Gasteiger partial charge in [0, 0.05) is 0 Å². The molecular weight excluding hydrogens is 365 g/mol. The molecule has 0 bridgehead atoms. The Balaban J connectivity index is 2.18. The molecule has 0 saturated carbocycles. The van der Waals surface area contributed by atoms with Crippen LogP contribution in [0.15, 0.2) is 101 Å². The molecule has 132 valence electrons. The molecule has 0 aliphatic carbocycles. The number of nitrogens with zero attached hydrogens (tertiary/aromatic N) is 2. The number of alkyl halides is 1. The van der Waals surface area contributed by atoms with Crippen molar-refractivity contribution in [3.8, 4) is 0 Å². The molecule has 4 rings (SSSR count). The zero-order chi connectivity index (χ0) is 18.1. The molecule has 3 aromatic carbocycles. The molecule has 1 heterocycles. The van der Waals surface area contributed by atoms with Crippen LogP contribution in [0.5, 0.6) is 0 Å². The first-order valence-electron chi connectivity index (χ1n) is 8.35. The fourth-order valence-electron chi connectivity index (χ4n) is 3.48. The second-order valence-electron chi connectivity index (χ2n) is 6.30. The van der Waals surface area contributed by atoms with Crippen molar-refractivity contribution in [2.45, 2.75) is 12.1 Å². The van der Waals surface area contributed by atoms with Gasteiger partial charge in [-0.1, -0.05) is 0 Å². The van der Waals surface area contributed by atoms with E-state index in [-0.39, 0.29) is 0 Å². The summed E-state index contributed by atoms with van der Waals surface area (Å²) in [5.74, 6) is 0. The minimum atomic E-state index is -3.65. The van der Waals surface area contributed by atoms with Crippen molar-refractivity contribution >= 4 is 34.5 Å². The molecule has 0 radical (unpaired) electrons. The number of hydrogen-bond donors (Lipinski definition) is 1. The van der Waals surface area contributed by atoms with Gasteiger partial charge in [-0.05, 0) is 0 Å². The number of halogens is 1. The van der Waals surface area contributed by atoms with Crippen LogP contribution in [-0.4, -0.2) is 5.18 Å². The first-order chi connectivity index (χ1) is 12.6. The Morgan fingerprint density at radius 2 is 1.15 bits per heavy atom. The van der Waals surface area contributed by atoms with E-state index in [0.717, 1.165) is 15.9 Å². The second kappa shape index (κ2) is 6.17. The van der Waals surface area contributed by atoms with Crippen LogP contribution in [0.3, 0.4) is 0 Å². The van der Waals surface area contributed by atoms with Crippen LogP contribution in [0.25, 0.3) is 0 Å². The molecule has 3 aromatic rings. The van der Waals surface area contributed by atoms with E-state index in [1.54, 1.807) is 6.92 Å². The van der Waals surface area contributed by atoms with Crippen molar-refractivity contribution in [1.82, 2.24) is 5.20 Å². The van der Waals surface area contributed by atoms with Gasteiger partial charge < -0.3 is 0 Å². The van der Waals surface area contributed by atoms with Gasteiger partial charge in [-0.2, -0.15) is 0 Å². The number of hydrogen-bond acceptors (Lipinski definition) is 4. The van der Waals surface area contributed by atoms with Gasteiger partial charge in [0.2, 0.25) is 0 Å². The molecule has 0 fully saturated rings. The molecule has 1 aliphatic heterocycles. The number of benzene rings is 3. The number of rotatable bonds is 3. The van der Waals surface area contributed by atoms with Gasteiger partial charge in [0.1, 0.15) is 0 Å². The molecule has 0 spiro atoms. The van der Waals surface area contributed by atoms with Crippen LogP contribution in [0.2, 0.25) is 0 Å². The van der Waals surface area contributed by atoms with E-state index in [2.05, 4.69) is 51.9 Å². The zero-order valence-corrected chi connectivity index (χ0v) is 15.9. The Kier molecular flexibility index (Phi) is 4.07. The summed E-state index contributed by atoms with van der Waals surface area (Å²) >= 11 is 6.61. The summed E-state index contributed by atoms with van der Waals surface area (Å²) in [5.41, 5.74) is 0. The van der Waals surface area contributed by atoms with E-state index in [4.69, 9.17) is 16.1 Å². The normalized spacial score (nSPS) is 24.8. The Morgan fingerprint density at radius 3 is 1.50 bits per heavy atom. The first kappa shape index (κ1) is 17.2. The molecule has 1 atom stereocenters. The van der Waals surface area contributed by atoms with Gasteiger partial charge >= 0.3 is 158 Å². The monoisotopic (exact) mass is 383 g/mol. The van der Waals surface area contributed by atoms with Crippen molar-refractivity contribution in [1.29, 1.82) is 0 Å². The van der Waals surface area contributed by atoms with E-state index in [9.17, 15) is 0 Å². The fraction of sp³-hybridized carbons (Fsp3) is 0.100. The van der Waals surface area contributed by atoms with Crippen LogP contribution in [0, 0.1) is 0 Å². The molecule has 1 aliphatic rings. The average Bonchev–Trinajstić information content (AvgIpc) is 2.69. The van der Waals surface area contributed by atoms with Crippen LogP contribution >= 0.6 is 18.6 Å². The maximum atomic E-state index is 6.73. The fourth-order valence-corrected chi connectivity index (χ4v) is 8.68. The Bertz CT molecular complexity index is 834. The summed E-state index contributed by atoms with van der Waals surface area (Å²) in [6.45, 7) is -1.93. The maximum absolute atomic E-state index is 6.73. The first-order valence-corrected chi connectivity index (χ1v) is 10.9. The van der Waals surface area contributed by atoms with Crippen molar-refractivity contribution in [2.75, 3.05) is 0 Å². The van der Waals surface area contributed by atoms with Gasteiger partial charge in [0.25, 0.3) is 0 Å². The topological polar surface area (TPSA) is 46.0 Å². The van der Waals surface area contributed by atoms with Crippen LogP contribution in [0.1, 0.15) is 6.92 Å². The third-order valence-corrected chi connectivity index (χ3v) is 9.86. The standard InChI is InChI=1S/C20H19ClN3OP/c1-20(21)22-23-24-26(25-20,17-11-5-2-6-12-17,18-13-7-3-8-14-18)19-15-9-4-10-16-19/h2-16H,1H3,(H,22,24). The summed E-state index contributed by atoms with van der Waals surface area (Å²) < 4.78 is 6.73. The van der Waals surface area contributed by atoms with Crippen LogP contribution in [-0.2, 0) is 4.52 Å². The van der Waals surface area contributed by atoms with E-state index in [0.29, 0.717) is 0 Å². The van der Waals surface area contributed by atoms with Gasteiger partial charge in [-0.15, -0.1) is 0 Å². The summed E-state index contributed by atoms with van der Waals surface area (Å²) in [6, 6.07) is 30.3. The van der Waals surface area contributed by atoms with Crippen molar-refractivity contribution < 1.29 is 4.52 Å². The average molecular weight is 384 g/mol. The Hall–Kier alpha value is -2.26. The SMILES string of the molecule is CC1(Cl)N=NNP(c2ccccc2)(c2ccccc2)(c2ccccc2)O1. The molecule has 0 aromatic heterocycles. The Morgan fingerprint density at radius 1 is 0.769 bits per heavy atom. The predicted molar refractivity (Wildman–Crippen MR) is 108 cm³/mol.